The van der Waals surface area contributed by atoms with Crippen molar-refractivity contribution in [1.82, 2.24) is 9.88 Å². The van der Waals surface area contributed by atoms with Crippen molar-refractivity contribution in [1.29, 1.82) is 0 Å². The molecule has 0 unspecified atom stereocenters. The molecule has 6 rings (SSSR count). The standard InChI is InChI=1S/C24H23ClN2O2S/c1-16-26-21(22(30-16)18-5-3-2-4-6-18)23(28)27-12-11-17-13-24(27,14-17)15-29-20-9-7-19(25)8-10-20/h2-10,17H,11-15H2,1H3. The average Bonchev–Trinajstić information content (AvgIpc) is 3.14. The van der Waals surface area contributed by atoms with Crippen LogP contribution in [0, 0.1) is 12.8 Å². The highest BCUT2D eigenvalue weighted by Gasteiger charge is 2.55. The number of thiazole rings is 1. The summed E-state index contributed by atoms with van der Waals surface area (Å²) in [5.74, 6) is 1.49. The third-order valence-corrected chi connectivity index (χ3v) is 7.48. The number of carbonyl (C=O) groups is 1. The molecule has 3 aromatic rings. The van der Waals surface area contributed by atoms with Gasteiger partial charge in [0, 0.05) is 11.6 Å². The fraction of sp³-hybridized carbons (Fsp3) is 0.333. The number of fused-ring (bicyclic) bond motifs is 2. The van der Waals surface area contributed by atoms with Crippen LogP contribution in [0.15, 0.2) is 54.6 Å². The van der Waals surface area contributed by atoms with Gasteiger partial charge >= 0.3 is 0 Å². The smallest absolute Gasteiger partial charge is 0.274 e. The number of rotatable bonds is 5. The summed E-state index contributed by atoms with van der Waals surface area (Å²) in [5.41, 5.74) is 1.37. The molecule has 2 saturated heterocycles. The lowest BCUT2D eigenvalue weighted by atomic mass is 9.63. The van der Waals surface area contributed by atoms with Crippen LogP contribution in [-0.2, 0) is 0 Å². The molecule has 0 atom stereocenters. The molecular weight excluding hydrogens is 416 g/mol. The van der Waals surface area contributed by atoms with Crippen molar-refractivity contribution in [3.05, 3.63) is 70.3 Å². The number of aromatic nitrogens is 1. The van der Waals surface area contributed by atoms with Crippen LogP contribution in [0.5, 0.6) is 5.75 Å². The molecule has 3 aliphatic rings. The van der Waals surface area contributed by atoms with Gasteiger partial charge in [0.15, 0.2) is 0 Å². The highest BCUT2D eigenvalue weighted by Crippen LogP contribution is 2.50. The maximum atomic E-state index is 13.7. The second-order valence-corrected chi connectivity index (χ2v) is 9.90. The Hall–Kier alpha value is -2.37. The number of hydrogen-bond acceptors (Lipinski definition) is 4. The summed E-state index contributed by atoms with van der Waals surface area (Å²) in [4.78, 5) is 21.3. The second kappa shape index (κ2) is 7.71. The van der Waals surface area contributed by atoms with Crippen LogP contribution < -0.4 is 4.74 Å². The van der Waals surface area contributed by atoms with Crippen molar-refractivity contribution >= 4 is 28.8 Å². The lowest BCUT2D eigenvalue weighted by molar-refractivity contribution is -0.0797. The highest BCUT2D eigenvalue weighted by molar-refractivity contribution is 7.15. The zero-order valence-electron chi connectivity index (χ0n) is 16.8. The first kappa shape index (κ1) is 19.6. The van der Waals surface area contributed by atoms with Gasteiger partial charge in [0.2, 0.25) is 0 Å². The van der Waals surface area contributed by atoms with Gasteiger partial charge in [0.1, 0.15) is 18.1 Å². The minimum atomic E-state index is -0.245. The number of halogens is 1. The maximum absolute atomic E-state index is 13.7. The van der Waals surface area contributed by atoms with E-state index in [4.69, 9.17) is 16.3 Å². The first-order valence-electron chi connectivity index (χ1n) is 10.3. The molecule has 30 heavy (non-hydrogen) atoms. The molecule has 0 N–H and O–H groups in total. The van der Waals surface area contributed by atoms with Gasteiger partial charge in [0.25, 0.3) is 5.91 Å². The molecule has 4 nitrogen and oxygen atoms in total. The molecule has 1 aliphatic carbocycles. The van der Waals surface area contributed by atoms with Crippen molar-refractivity contribution in [2.75, 3.05) is 13.2 Å². The summed E-state index contributed by atoms with van der Waals surface area (Å²) in [6.45, 7) is 3.22. The van der Waals surface area contributed by atoms with Gasteiger partial charge in [0.05, 0.1) is 15.4 Å². The molecule has 1 amide bonds. The SMILES string of the molecule is Cc1nc(C(=O)N2CCC3CC2(COc2ccc(Cl)cc2)C3)c(-c2ccccc2)s1. The van der Waals surface area contributed by atoms with E-state index in [0.29, 0.717) is 23.2 Å². The lowest BCUT2D eigenvalue weighted by Gasteiger charge is -2.58. The number of hydrogen-bond donors (Lipinski definition) is 0. The quantitative estimate of drug-likeness (QED) is 0.502. The Bertz CT molecular complexity index is 1060. The maximum Gasteiger partial charge on any atom is 0.274 e. The number of piperidine rings is 2. The molecule has 1 aromatic heterocycles. The normalized spacial score (nSPS) is 22.5. The zero-order valence-corrected chi connectivity index (χ0v) is 18.4. The van der Waals surface area contributed by atoms with Crippen LogP contribution in [-0.4, -0.2) is 34.5 Å². The Kier molecular flexibility index (Phi) is 5.03. The van der Waals surface area contributed by atoms with Crippen molar-refractivity contribution in [3.8, 4) is 16.2 Å². The van der Waals surface area contributed by atoms with Crippen molar-refractivity contribution in [3.63, 3.8) is 0 Å². The number of nitrogens with zero attached hydrogens (tertiary/aromatic N) is 2. The molecule has 0 spiro atoms. The Morgan fingerprint density at radius 1 is 1.20 bits per heavy atom. The fourth-order valence-electron chi connectivity index (χ4n) is 4.73. The number of aryl methyl sites for hydroxylation is 1. The third-order valence-electron chi connectivity index (χ3n) is 6.21. The molecular formula is C24H23ClN2O2S. The van der Waals surface area contributed by atoms with E-state index in [-0.39, 0.29) is 11.4 Å². The van der Waals surface area contributed by atoms with Crippen LogP contribution in [0.3, 0.4) is 0 Å². The largest absolute Gasteiger partial charge is 0.491 e. The molecule has 2 aliphatic heterocycles. The van der Waals surface area contributed by atoms with E-state index in [9.17, 15) is 4.79 Å². The van der Waals surface area contributed by atoms with Crippen LogP contribution >= 0.6 is 22.9 Å². The Labute approximate surface area is 185 Å². The lowest BCUT2D eigenvalue weighted by Crippen LogP contribution is -2.67. The summed E-state index contributed by atoms with van der Waals surface area (Å²) >= 11 is 7.56. The van der Waals surface area contributed by atoms with Crippen molar-refractivity contribution in [2.24, 2.45) is 5.92 Å². The van der Waals surface area contributed by atoms with Gasteiger partial charge in [-0.2, -0.15) is 0 Å². The van der Waals surface area contributed by atoms with Gasteiger partial charge in [-0.25, -0.2) is 4.98 Å². The molecule has 3 fully saturated rings. The van der Waals surface area contributed by atoms with Crippen LogP contribution in [0.4, 0.5) is 0 Å². The van der Waals surface area contributed by atoms with E-state index >= 15 is 0 Å². The average molecular weight is 439 g/mol. The summed E-state index contributed by atoms with van der Waals surface area (Å²) in [7, 11) is 0. The van der Waals surface area contributed by atoms with Gasteiger partial charge < -0.3 is 9.64 Å². The minimum Gasteiger partial charge on any atom is -0.491 e. The number of carbonyl (C=O) groups excluding carboxylic acids is 1. The Morgan fingerprint density at radius 3 is 2.67 bits per heavy atom. The summed E-state index contributed by atoms with van der Waals surface area (Å²) < 4.78 is 6.11. The molecule has 2 aromatic carbocycles. The molecule has 0 radical (unpaired) electrons. The number of ether oxygens (including phenoxy) is 1. The Morgan fingerprint density at radius 2 is 1.93 bits per heavy atom. The monoisotopic (exact) mass is 438 g/mol. The number of benzene rings is 2. The van der Waals surface area contributed by atoms with Gasteiger partial charge in [-0.3, -0.25) is 4.79 Å². The van der Waals surface area contributed by atoms with Crippen LogP contribution in [0.2, 0.25) is 5.02 Å². The minimum absolute atomic E-state index is 0.0241. The van der Waals surface area contributed by atoms with E-state index < -0.39 is 0 Å². The predicted octanol–water partition coefficient (Wildman–Crippen LogP) is 5.85. The topological polar surface area (TPSA) is 42.4 Å². The first-order chi connectivity index (χ1) is 14.5. The fourth-order valence-corrected chi connectivity index (χ4v) is 5.78. The Balaban J connectivity index is 1.41. The first-order valence-corrected chi connectivity index (χ1v) is 11.5. The molecule has 1 saturated carbocycles. The van der Waals surface area contributed by atoms with Crippen molar-refractivity contribution < 1.29 is 9.53 Å². The van der Waals surface area contributed by atoms with Gasteiger partial charge in [-0.05, 0) is 61.9 Å². The molecule has 2 bridgehead atoms. The summed E-state index contributed by atoms with van der Waals surface area (Å²) in [6, 6.07) is 17.5. The number of amides is 1. The van der Waals surface area contributed by atoms with E-state index in [0.717, 1.165) is 47.0 Å². The van der Waals surface area contributed by atoms with Crippen molar-refractivity contribution in [2.45, 2.75) is 31.7 Å². The second-order valence-electron chi connectivity index (χ2n) is 8.26. The van der Waals surface area contributed by atoms with E-state index in [2.05, 4.69) is 4.98 Å². The molecule has 6 heteroatoms. The van der Waals surface area contributed by atoms with E-state index in [1.165, 1.54) is 0 Å². The molecule has 3 heterocycles. The molecule has 154 valence electrons. The summed E-state index contributed by atoms with van der Waals surface area (Å²) in [6.07, 6.45) is 3.05. The van der Waals surface area contributed by atoms with E-state index in [1.807, 2.05) is 66.4 Å². The zero-order chi connectivity index (χ0) is 20.7. The van der Waals surface area contributed by atoms with E-state index in [1.54, 1.807) is 11.3 Å². The summed E-state index contributed by atoms with van der Waals surface area (Å²) in [5, 5.41) is 1.60. The highest BCUT2D eigenvalue weighted by atomic mass is 35.5. The van der Waals surface area contributed by atoms with Gasteiger partial charge in [-0.15, -0.1) is 11.3 Å². The third kappa shape index (κ3) is 3.50. The van der Waals surface area contributed by atoms with Gasteiger partial charge in [-0.1, -0.05) is 41.9 Å². The van der Waals surface area contributed by atoms with Crippen LogP contribution in [0.25, 0.3) is 10.4 Å². The van der Waals surface area contributed by atoms with Crippen LogP contribution in [0.1, 0.15) is 34.8 Å². The predicted molar refractivity (Wildman–Crippen MR) is 120 cm³/mol.